The fourth-order valence-electron chi connectivity index (χ4n) is 3.72. The molecule has 1 fully saturated rings. The number of aliphatic hydroxyl groups excluding tert-OH is 1. The van der Waals surface area contributed by atoms with E-state index in [4.69, 9.17) is 0 Å². The van der Waals surface area contributed by atoms with E-state index < -0.39 is 6.10 Å². The summed E-state index contributed by atoms with van der Waals surface area (Å²) in [4.78, 5) is 27.3. The average molecular weight is 390 g/mol. The number of hydrogen-bond acceptors (Lipinski definition) is 4. The van der Waals surface area contributed by atoms with Crippen LogP contribution in [-0.2, 0) is 0 Å². The van der Waals surface area contributed by atoms with Gasteiger partial charge in [-0.3, -0.25) is 9.59 Å². The summed E-state index contributed by atoms with van der Waals surface area (Å²) in [7, 11) is 0. The first-order valence-corrected chi connectivity index (χ1v) is 10.6. The van der Waals surface area contributed by atoms with Crippen LogP contribution in [0.3, 0.4) is 0 Å². The lowest BCUT2D eigenvalue weighted by Crippen LogP contribution is -2.48. The molecule has 2 amide bonds. The Morgan fingerprint density at radius 3 is 2.46 bits per heavy atom. The van der Waals surface area contributed by atoms with Crippen molar-refractivity contribution in [3.63, 3.8) is 0 Å². The minimum atomic E-state index is -0.611. The molecule has 0 unspecified atom stereocenters. The van der Waals surface area contributed by atoms with Crippen LogP contribution in [0.4, 0.5) is 0 Å². The molecule has 0 spiro atoms. The van der Waals surface area contributed by atoms with E-state index in [0.717, 1.165) is 44.2 Å². The Hall–Kier alpha value is -1.92. The van der Waals surface area contributed by atoms with Gasteiger partial charge in [0.05, 0.1) is 6.10 Å². The molecule has 1 aliphatic rings. The topological polar surface area (TPSA) is 81.7 Å². The maximum Gasteiger partial charge on any atom is 0.253 e. The van der Waals surface area contributed by atoms with Crippen molar-refractivity contribution in [3.8, 4) is 0 Å². The first-order chi connectivity index (χ1) is 13.5. The Morgan fingerprint density at radius 1 is 1.18 bits per heavy atom. The first-order valence-electron chi connectivity index (χ1n) is 10.6. The molecule has 1 saturated heterocycles. The number of nitrogens with zero attached hydrogens (tertiary/aromatic N) is 1. The second kappa shape index (κ2) is 11.2. The zero-order chi connectivity index (χ0) is 20.5. The van der Waals surface area contributed by atoms with Gasteiger partial charge in [-0.2, -0.15) is 0 Å². The molecule has 0 radical (unpaired) electrons. The predicted octanol–water partition coefficient (Wildman–Crippen LogP) is 2.49. The summed E-state index contributed by atoms with van der Waals surface area (Å²) >= 11 is 0. The lowest BCUT2D eigenvalue weighted by atomic mass is 9.99. The number of carbonyl (C=O) groups excluding carboxylic acids is 2. The normalized spacial score (nSPS) is 17.8. The third-order valence-corrected chi connectivity index (χ3v) is 5.15. The summed E-state index contributed by atoms with van der Waals surface area (Å²) < 4.78 is 0. The van der Waals surface area contributed by atoms with Crippen molar-refractivity contribution in [1.29, 1.82) is 0 Å². The molecule has 1 heterocycles. The molecular formula is C22H35N3O3. The van der Waals surface area contributed by atoms with Crippen LogP contribution in [0.2, 0.25) is 0 Å². The first kappa shape index (κ1) is 22.4. The lowest BCUT2D eigenvalue weighted by Gasteiger charge is -2.28. The van der Waals surface area contributed by atoms with Crippen molar-refractivity contribution < 1.29 is 14.7 Å². The molecule has 2 atom stereocenters. The van der Waals surface area contributed by atoms with Crippen LogP contribution in [-0.4, -0.2) is 60.1 Å². The number of amides is 2. The monoisotopic (exact) mass is 389 g/mol. The molecule has 0 aromatic heterocycles. The molecule has 2 rings (SSSR count). The smallest absolute Gasteiger partial charge is 0.253 e. The molecule has 1 aromatic carbocycles. The molecule has 0 bridgehead atoms. The summed E-state index contributed by atoms with van der Waals surface area (Å²) in [5.41, 5.74) is 1.88. The highest BCUT2D eigenvalue weighted by Crippen LogP contribution is 2.14. The second-order valence-corrected chi connectivity index (χ2v) is 7.71. The minimum Gasteiger partial charge on any atom is -0.390 e. The maximum atomic E-state index is 12.9. The molecule has 1 aromatic rings. The van der Waals surface area contributed by atoms with Crippen molar-refractivity contribution in [2.45, 2.75) is 65.0 Å². The van der Waals surface area contributed by atoms with Crippen LogP contribution >= 0.6 is 0 Å². The molecular weight excluding hydrogens is 354 g/mol. The van der Waals surface area contributed by atoms with E-state index in [1.807, 2.05) is 17.9 Å². The van der Waals surface area contributed by atoms with Gasteiger partial charge >= 0.3 is 0 Å². The number of carbonyl (C=O) groups is 2. The summed E-state index contributed by atoms with van der Waals surface area (Å²) in [6, 6.07) is 5.30. The number of benzene rings is 1. The number of aryl methyl sites for hydroxylation is 1. The van der Waals surface area contributed by atoms with Crippen LogP contribution in [0.5, 0.6) is 0 Å². The van der Waals surface area contributed by atoms with Crippen molar-refractivity contribution in [1.82, 2.24) is 15.5 Å². The maximum absolute atomic E-state index is 12.9. The molecule has 28 heavy (non-hydrogen) atoms. The Balaban J connectivity index is 2.04. The summed E-state index contributed by atoms with van der Waals surface area (Å²) in [5.74, 6) is -0.293. The van der Waals surface area contributed by atoms with E-state index in [0.29, 0.717) is 24.2 Å². The number of hydrogen-bond donors (Lipinski definition) is 3. The van der Waals surface area contributed by atoms with Gasteiger partial charge in [-0.1, -0.05) is 20.3 Å². The Labute approximate surface area is 168 Å². The Kier molecular flexibility index (Phi) is 8.93. The van der Waals surface area contributed by atoms with E-state index >= 15 is 0 Å². The summed E-state index contributed by atoms with van der Waals surface area (Å²) in [6.45, 7) is 8.52. The minimum absolute atomic E-state index is 0.0281. The van der Waals surface area contributed by atoms with E-state index in [-0.39, 0.29) is 24.4 Å². The highest BCUT2D eigenvalue weighted by Gasteiger charge is 2.22. The quantitative estimate of drug-likeness (QED) is 0.606. The zero-order valence-corrected chi connectivity index (χ0v) is 17.5. The average Bonchev–Trinajstić information content (AvgIpc) is 2.71. The molecule has 0 aliphatic carbocycles. The standard InChI is InChI=1S/C22H35N3O3/c1-4-10-25(11-5-2)22(28)18-13-16(3)12-17(14-18)21(27)24-15-20(26)19-8-6-7-9-23-19/h12-14,19-20,23,26H,4-11,15H2,1-3H3,(H,24,27)/t19-,20+/m1/s1. The van der Waals surface area contributed by atoms with Crippen molar-refractivity contribution in [2.75, 3.05) is 26.2 Å². The van der Waals surface area contributed by atoms with E-state index in [1.54, 1.807) is 12.1 Å². The van der Waals surface area contributed by atoms with Gasteiger partial charge in [0.2, 0.25) is 0 Å². The van der Waals surface area contributed by atoms with E-state index in [1.165, 1.54) is 0 Å². The number of aliphatic hydroxyl groups is 1. The molecule has 6 nitrogen and oxygen atoms in total. The van der Waals surface area contributed by atoms with Crippen molar-refractivity contribution in [2.24, 2.45) is 0 Å². The third-order valence-electron chi connectivity index (χ3n) is 5.15. The third kappa shape index (κ3) is 6.31. The van der Waals surface area contributed by atoms with E-state index in [9.17, 15) is 14.7 Å². The molecule has 156 valence electrons. The molecule has 6 heteroatoms. The van der Waals surface area contributed by atoms with E-state index in [2.05, 4.69) is 24.5 Å². The van der Waals surface area contributed by atoms with Crippen molar-refractivity contribution >= 4 is 11.8 Å². The Morgan fingerprint density at radius 2 is 1.86 bits per heavy atom. The highest BCUT2D eigenvalue weighted by molar-refractivity contribution is 6.00. The van der Waals surface area contributed by atoms with Gasteiger partial charge in [-0.15, -0.1) is 0 Å². The van der Waals surface area contributed by atoms with Gasteiger partial charge in [0.1, 0.15) is 0 Å². The lowest BCUT2D eigenvalue weighted by molar-refractivity contribution is 0.0755. The van der Waals surface area contributed by atoms with Crippen LogP contribution in [0, 0.1) is 6.92 Å². The highest BCUT2D eigenvalue weighted by atomic mass is 16.3. The fourth-order valence-corrected chi connectivity index (χ4v) is 3.72. The van der Waals surface area contributed by atoms with Crippen LogP contribution in [0.15, 0.2) is 18.2 Å². The van der Waals surface area contributed by atoms with Crippen molar-refractivity contribution in [3.05, 3.63) is 34.9 Å². The largest absolute Gasteiger partial charge is 0.390 e. The zero-order valence-electron chi connectivity index (χ0n) is 17.5. The van der Waals surface area contributed by atoms with Crippen LogP contribution in [0.25, 0.3) is 0 Å². The predicted molar refractivity (Wildman–Crippen MR) is 112 cm³/mol. The second-order valence-electron chi connectivity index (χ2n) is 7.71. The number of rotatable bonds is 9. The Bertz CT molecular complexity index is 650. The summed E-state index contributed by atoms with van der Waals surface area (Å²) in [5, 5.41) is 16.4. The number of piperidine rings is 1. The molecule has 3 N–H and O–H groups in total. The van der Waals surface area contributed by atoms with Crippen LogP contribution in [0.1, 0.15) is 72.2 Å². The van der Waals surface area contributed by atoms with Gasteiger partial charge in [-0.25, -0.2) is 0 Å². The SMILES string of the molecule is CCCN(CCC)C(=O)c1cc(C)cc(C(=O)NC[C@H](O)[C@H]2CCCCN2)c1. The van der Waals surface area contributed by atoms with Gasteiger partial charge in [-0.05, 0) is 62.9 Å². The fraction of sp³-hybridized carbons (Fsp3) is 0.636. The van der Waals surface area contributed by atoms with Crippen LogP contribution < -0.4 is 10.6 Å². The van der Waals surface area contributed by atoms with Gasteiger partial charge in [0, 0.05) is 36.8 Å². The van der Waals surface area contributed by atoms with Gasteiger partial charge in [0.15, 0.2) is 0 Å². The molecule has 1 aliphatic heterocycles. The number of nitrogens with one attached hydrogen (secondary N) is 2. The molecule has 0 saturated carbocycles. The van der Waals surface area contributed by atoms with Gasteiger partial charge < -0.3 is 20.6 Å². The van der Waals surface area contributed by atoms with Gasteiger partial charge in [0.25, 0.3) is 11.8 Å². The summed E-state index contributed by atoms with van der Waals surface area (Å²) in [6.07, 6.45) is 4.33.